The molecule has 1 rings (SSSR count). The zero-order chi connectivity index (χ0) is 16.2. The average Bonchev–Trinajstić information content (AvgIpc) is 2.48. The fourth-order valence-corrected chi connectivity index (χ4v) is 3.00. The molecule has 0 atom stereocenters. The molecule has 126 valence electrons. The van der Waals surface area contributed by atoms with E-state index in [4.69, 9.17) is 0 Å². The van der Waals surface area contributed by atoms with Gasteiger partial charge in [-0.3, -0.25) is 5.32 Å². The van der Waals surface area contributed by atoms with Gasteiger partial charge in [0.15, 0.2) is 5.17 Å². The molecular formula is C15H28N4O2S. The highest BCUT2D eigenvalue weighted by atomic mass is 32.2. The van der Waals surface area contributed by atoms with Crippen molar-refractivity contribution < 1.29 is 9.59 Å². The fourth-order valence-electron chi connectivity index (χ4n) is 2.63. The van der Waals surface area contributed by atoms with E-state index in [1.54, 1.807) is 6.26 Å². The number of carbonyl (C=O) groups is 2. The van der Waals surface area contributed by atoms with Gasteiger partial charge in [0.05, 0.1) is 0 Å². The smallest absolute Gasteiger partial charge is 0.339 e. The van der Waals surface area contributed by atoms with Gasteiger partial charge in [0, 0.05) is 13.6 Å². The van der Waals surface area contributed by atoms with Crippen LogP contribution < -0.4 is 16.0 Å². The predicted molar refractivity (Wildman–Crippen MR) is 92.4 cm³/mol. The molecule has 4 amide bonds. The molecule has 1 aliphatic carbocycles. The Morgan fingerprint density at radius 2 is 1.77 bits per heavy atom. The number of hydrogen-bond acceptors (Lipinski definition) is 3. The van der Waals surface area contributed by atoms with Gasteiger partial charge < -0.3 is 10.6 Å². The largest absolute Gasteiger partial charge is 0.343 e. The van der Waals surface area contributed by atoms with Gasteiger partial charge in [-0.2, -0.15) is 4.99 Å². The van der Waals surface area contributed by atoms with E-state index in [1.165, 1.54) is 63.8 Å². The second kappa shape index (κ2) is 11.3. The van der Waals surface area contributed by atoms with E-state index in [0.29, 0.717) is 11.7 Å². The minimum Gasteiger partial charge on any atom is -0.339 e. The van der Waals surface area contributed by atoms with Crippen LogP contribution in [0.1, 0.15) is 51.4 Å². The summed E-state index contributed by atoms with van der Waals surface area (Å²) in [6.07, 6.45) is 12.0. The van der Waals surface area contributed by atoms with Crippen LogP contribution in [0, 0.1) is 5.92 Å². The maximum absolute atomic E-state index is 11.8. The molecule has 0 aromatic rings. The summed E-state index contributed by atoms with van der Waals surface area (Å²) >= 11 is 1.23. The van der Waals surface area contributed by atoms with E-state index in [1.807, 2.05) is 0 Å². The monoisotopic (exact) mass is 328 g/mol. The zero-order valence-corrected chi connectivity index (χ0v) is 14.4. The highest BCUT2D eigenvalue weighted by Gasteiger charge is 2.12. The summed E-state index contributed by atoms with van der Waals surface area (Å²) in [5.74, 6) is 0.722. The van der Waals surface area contributed by atoms with E-state index in [0.717, 1.165) is 12.3 Å². The number of aliphatic imine (C=N–C) groups is 1. The van der Waals surface area contributed by atoms with Crippen molar-refractivity contribution >= 4 is 29.0 Å². The maximum atomic E-state index is 11.8. The molecule has 0 unspecified atom stereocenters. The highest BCUT2D eigenvalue weighted by Crippen LogP contribution is 2.24. The van der Waals surface area contributed by atoms with Gasteiger partial charge in [-0.25, -0.2) is 9.59 Å². The molecule has 1 aliphatic rings. The molecule has 0 heterocycles. The van der Waals surface area contributed by atoms with E-state index in [2.05, 4.69) is 20.9 Å². The Balaban J connectivity index is 2.26. The summed E-state index contributed by atoms with van der Waals surface area (Å²) in [6.45, 7) is 0.665. The third kappa shape index (κ3) is 8.26. The molecule has 0 aliphatic heterocycles. The van der Waals surface area contributed by atoms with Gasteiger partial charge in [0.25, 0.3) is 0 Å². The number of nitrogens with one attached hydrogen (secondary N) is 3. The Hall–Kier alpha value is -1.24. The Morgan fingerprint density at radius 1 is 1.14 bits per heavy atom. The summed E-state index contributed by atoms with van der Waals surface area (Å²) in [6, 6.07) is -0.776. The van der Waals surface area contributed by atoms with Crippen molar-refractivity contribution in [3.05, 3.63) is 0 Å². The van der Waals surface area contributed by atoms with Crippen LogP contribution in [0.2, 0.25) is 0 Å². The first-order valence-electron chi connectivity index (χ1n) is 8.05. The van der Waals surface area contributed by atoms with Crippen LogP contribution >= 0.6 is 11.8 Å². The SMILES string of the molecule is CNC(=O)N=C(NC(=O)NCCC1CCCCCCC1)SC. The van der Waals surface area contributed by atoms with Crippen LogP contribution in [0.15, 0.2) is 4.99 Å². The Bertz CT molecular complexity index is 380. The number of urea groups is 2. The van der Waals surface area contributed by atoms with Crippen molar-refractivity contribution in [1.82, 2.24) is 16.0 Å². The lowest BCUT2D eigenvalue weighted by Gasteiger charge is -2.19. The molecule has 1 saturated carbocycles. The van der Waals surface area contributed by atoms with Crippen LogP contribution in [0.5, 0.6) is 0 Å². The molecule has 0 bridgehead atoms. The summed E-state index contributed by atoms with van der Waals surface area (Å²) < 4.78 is 0. The van der Waals surface area contributed by atoms with E-state index < -0.39 is 6.03 Å². The van der Waals surface area contributed by atoms with Crippen molar-refractivity contribution in [3.63, 3.8) is 0 Å². The number of amidine groups is 1. The average molecular weight is 328 g/mol. The number of rotatable bonds is 3. The summed E-state index contributed by atoms with van der Waals surface area (Å²) in [4.78, 5) is 26.7. The first-order chi connectivity index (χ1) is 10.7. The molecular weight excluding hydrogens is 300 g/mol. The summed E-state index contributed by atoms with van der Waals surface area (Å²) in [7, 11) is 1.50. The molecule has 0 radical (unpaired) electrons. The molecule has 0 saturated heterocycles. The molecule has 1 fully saturated rings. The third-order valence-corrected chi connectivity index (χ3v) is 4.47. The van der Waals surface area contributed by atoms with Crippen molar-refractivity contribution in [2.45, 2.75) is 51.4 Å². The number of thioether (sulfide) groups is 1. The number of carbonyl (C=O) groups excluding carboxylic acids is 2. The molecule has 0 aromatic carbocycles. The van der Waals surface area contributed by atoms with Crippen LogP contribution in [0.4, 0.5) is 9.59 Å². The molecule has 22 heavy (non-hydrogen) atoms. The van der Waals surface area contributed by atoms with E-state index in [9.17, 15) is 9.59 Å². The van der Waals surface area contributed by atoms with Gasteiger partial charge in [0.2, 0.25) is 0 Å². The Kier molecular flexibility index (Phi) is 9.70. The van der Waals surface area contributed by atoms with Crippen molar-refractivity contribution in [2.75, 3.05) is 19.8 Å². The standard InChI is InChI=1S/C15H28N4O2S/c1-16-13(20)18-15(22-2)19-14(21)17-11-10-12-8-6-4-3-5-7-9-12/h12H,3-11H2,1-2H3,(H3,16,17,18,19,20,21). The van der Waals surface area contributed by atoms with Crippen molar-refractivity contribution in [2.24, 2.45) is 10.9 Å². The van der Waals surface area contributed by atoms with Crippen LogP contribution in [0.3, 0.4) is 0 Å². The van der Waals surface area contributed by atoms with Crippen molar-refractivity contribution in [3.8, 4) is 0 Å². The first kappa shape index (κ1) is 18.8. The van der Waals surface area contributed by atoms with Crippen LogP contribution in [-0.4, -0.2) is 37.1 Å². The highest BCUT2D eigenvalue weighted by molar-refractivity contribution is 8.13. The van der Waals surface area contributed by atoms with Crippen molar-refractivity contribution in [1.29, 1.82) is 0 Å². The zero-order valence-electron chi connectivity index (χ0n) is 13.6. The molecule has 0 spiro atoms. The van der Waals surface area contributed by atoms with E-state index in [-0.39, 0.29) is 6.03 Å². The van der Waals surface area contributed by atoms with Gasteiger partial charge in [-0.15, -0.1) is 0 Å². The lowest BCUT2D eigenvalue weighted by Crippen LogP contribution is -2.39. The molecule has 7 heteroatoms. The second-order valence-electron chi connectivity index (χ2n) is 5.56. The number of hydrogen-bond donors (Lipinski definition) is 3. The Morgan fingerprint density at radius 3 is 2.36 bits per heavy atom. The van der Waals surface area contributed by atoms with Crippen LogP contribution in [0.25, 0.3) is 0 Å². The normalized spacial score (nSPS) is 17.3. The van der Waals surface area contributed by atoms with Gasteiger partial charge in [-0.05, 0) is 18.6 Å². The molecule has 6 nitrogen and oxygen atoms in total. The fraction of sp³-hybridized carbons (Fsp3) is 0.800. The minimum atomic E-state index is -0.473. The maximum Gasteiger partial charge on any atom is 0.343 e. The third-order valence-electron chi connectivity index (χ3n) is 3.89. The molecule has 0 aromatic heterocycles. The minimum absolute atomic E-state index is 0.294. The Labute approximate surface area is 137 Å². The van der Waals surface area contributed by atoms with Gasteiger partial charge >= 0.3 is 12.1 Å². The lowest BCUT2D eigenvalue weighted by atomic mass is 9.89. The second-order valence-corrected chi connectivity index (χ2v) is 6.35. The topological polar surface area (TPSA) is 82.6 Å². The van der Waals surface area contributed by atoms with E-state index >= 15 is 0 Å². The van der Waals surface area contributed by atoms with Gasteiger partial charge in [0.1, 0.15) is 0 Å². The lowest BCUT2D eigenvalue weighted by molar-refractivity contribution is 0.243. The van der Waals surface area contributed by atoms with Crippen LogP contribution in [-0.2, 0) is 0 Å². The summed E-state index contributed by atoms with van der Waals surface area (Å²) in [5, 5.41) is 8.12. The first-order valence-corrected chi connectivity index (χ1v) is 9.27. The number of amides is 4. The number of nitrogens with zero attached hydrogens (tertiary/aromatic N) is 1. The quantitative estimate of drug-likeness (QED) is 0.550. The predicted octanol–water partition coefficient (Wildman–Crippen LogP) is 3.09. The summed E-state index contributed by atoms with van der Waals surface area (Å²) in [5.41, 5.74) is 0. The molecule has 3 N–H and O–H groups in total. The van der Waals surface area contributed by atoms with Gasteiger partial charge in [-0.1, -0.05) is 56.7 Å².